The van der Waals surface area contributed by atoms with Crippen LogP contribution in [-0.4, -0.2) is 43.3 Å². The molecule has 1 fully saturated rings. The molecule has 0 N–H and O–H groups in total. The van der Waals surface area contributed by atoms with Gasteiger partial charge in [0.2, 0.25) is 5.95 Å². The number of allylic oxidation sites excluding steroid dienone is 9. The van der Waals surface area contributed by atoms with Gasteiger partial charge in [-0.2, -0.15) is 6.07 Å². The topological polar surface area (TPSA) is 41.5 Å². The first-order valence-electron chi connectivity index (χ1n) is 12.4. The van der Waals surface area contributed by atoms with Crippen LogP contribution >= 0.6 is 0 Å². The maximum Gasteiger partial charge on any atom is 2.00 e. The van der Waals surface area contributed by atoms with Gasteiger partial charge in [0.25, 0.3) is 0 Å². The number of nitrogens with zero attached hydrogens (tertiary/aromatic N) is 4. The molecule has 2 heterocycles. The molecule has 1 aromatic heterocycles. The molecule has 1 aromatic carbocycles. The fraction of sp³-hybridized carbons (Fsp3) is 0.258. The fourth-order valence-electron chi connectivity index (χ4n) is 3.70. The van der Waals surface area contributed by atoms with Crippen LogP contribution in [0.1, 0.15) is 31.5 Å². The third-order valence-electron chi connectivity index (χ3n) is 5.63. The van der Waals surface area contributed by atoms with Crippen LogP contribution in [0.15, 0.2) is 90.7 Å². The van der Waals surface area contributed by atoms with E-state index < -0.39 is 0 Å². The molecule has 0 unspecified atom stereocenters. The molecule has 37 heavy (non-hydrogen) atoms. The third-order valence-corrected chi connectivity index (χ3v) is 5.63. The van der Waals surface area contributed by atoms with Crippen LogP contribution in [0.4, 0.5) is 11.8 Å². The van der Waals surface area contributed by atoms with Gasteiger partial charge in [-0.05, 0) is 24.5 Å². The van der Waals surface area contributed by atoms with Gasteiger partial charge in [0.1, 0.15) is 0 Å². The average molecular weight is 719 g/mol. The van der Waals surface area contributed by atoms with Crippen molar-refractivity contribution in [2.75, 3.05) is 43.2 Å². The summed E-state index contributed by atoms with van der Waals surface area (Å²) in [6.45, 7) is 15.3. The molecule has 1 aliphatic heterocycles. The Balaban J connectivity index is 0.00000481. The molecule has 0 saturated carbocycles. The fourth-order valence-corrected chi connectivity index (χ4v) is 3.70. The van der Waals surface area contributed by atoms with E-state index in [4.69, 9.17) is 14.7 Å². The predicted molar refractivity (Wildman–Crippen MR) is 153 cm³/mol. The summed E-state index contributed by atoms with van der Waals surface area (Å²) in [5, 5.41) is 0. The Morgan fingerprint density at radius 3 is 2.59 bits per heavy atom. The van der Waals surface area contributed by atoms with E-state index in [1.54, 1.807) is 0 Å². The Kier molecular flexibility index (Phi) is 13.3. The molecule has 6 heteroatoms. The summed E-state index contributed by atoms with van der Waals surface area (Å²) < 4.78 is 5.54. The summed E-state index contributed by atoms with van der Waals surface area (Å²) in [4.78, 5) is 13.8. The maximum absolute atomic E-state index is 5.54. The molecule has 0 spiro atoms. The Bertz CT molecular complexity index is 1160. The minimum Gasteiger partial charge on any atom is -0.378 e. The summed E-state index contributed by atoms with van der Waals surface area (Å²) in [5.74, 6) is 1.33. The zero-order chi connectivity index (χ0) is 25.8. The minimum absolute atomic E-state index is 0. The summed E-state index contributed by atoms with van der Waals surface area (Å²) >= 11 is 0. The third kappa shape index (κ3) is 9.23. The van der Waals surface area contributed by atoms with Crippen molar-refractivity contribution in [2.45, 2.75) is 20.3 Å². The predicted octanol–water partition coefficient (Wildman–Crippen LogP) is 6.46. The maximum atomic E-state index is 5.54. The van der Waals surface area contributed by atoms with Crippen molar-refractivity contribution < 1.29 is 35.9 Å². The molecule has 0 atom stereocenters. The number of rotatable bonds is 10. The molecule has 3 rings (SSSR count). The first kappa shape index (κ1) is 30.4. The van der Waals surface area contributed by atoms with Gasteiger partial charge in [0.15, 0.2) is 0 Å². The summed E-state index contributed by atoms with van der Waals surface area (Å²) in [6, 6.07) is 13.6. The standard InChI is InChI=1S/C31H36N4O.U/c1-6-9-11-15-27(14-7-2)25(4)22-29-23-30(35-18-20-36-21-19-35)33-31(32-29)34(5)24-26(8-3)28-16-12-10-13-17-28;/h7-17,22,24H,3-4,6,18-21H2,1-2,5H3;/q-2;+2/b11-9+,14-7-,25-22+,26-24+,27-15+;. The smallest absolute Gasteiger partial charge is 0.378 e. The van der Waals surface area contributed by atoms with Crippen molar-refractivity contribution in [3.05, 3.63) is 115 Å². The average Bonchev–Trinajstić information content (AvgIpc) is 2.92. The number of morpholine rings is 1. The number of anilines is 2. The van der Waals surface area contributed by atoms with Crippen molar-refractivity contribution in [2.24, 2.45) is 0 Å². The summed E-state index contributed by atoms with van der Waals surface area (Å²) in [5.41, 5.74) is 4.63. The van der Waals surface area contributed by atoms with Crippen LogP contribution in [0.2, 0.25) is 0 Å². The van der Waals surface area contributed by atoms with E-state index in [-0.39, 0.29) is 31.1 Å². The molecular formula is C31H36N4OU. The van der Waals surface area contributed by atoms with Gasteiger partial charge in [-0.1, -0.05) is 73.8 Å². The molecule has 0 radical (unpaired) electrons. The molecule has 0 bridgehead atoms. The first-order chi connectivity index (χ1) is 17.5. The first-order valence-corrected chi connectivity index (χ1v) is 12.4. The Morgan fingerprint density at radius 2 is 1.95 bits per heavy atom. The van der Waals surface area contributed by atoms with Gasteiger partial charge in [-0.15, -0.1) is 17.7 Å². The van der Waals surface area contributed by atoms with E-state index in [9.17, 15) is 0 Å². The second-order valence-electron chi connectivity index (χ2n) is 8.35. The van der Waals surface area contributed by atoms with E-state index in [2.05, 4.69) is 67.8 Å². The molecule has 5 nitrogen and oxygen atoms in total. The van der Waals surface area contributed by atoms with Crippen molar-refractivity contribution in [3.8, 4) is 0 Å². The second-order valence-corrected chi connectivity index (χ2v) is 8.35. The van der Waals surface area contributed by atoms with Crippen LogP contribution in [0.3, 0.4) is 0 Å². The number of hydrogen-bond acceptors (Lipinski definition) is 5. The van der Waals surface area contributed by atoms with E-state index in [0.29, 0.717) is 24.9 Å². The molecule has 0 aliphatic carbocycles. The molecule has 1 aliphatic rings. The number of benzene rings is 1. The van der Waals surface area contributed by atoms with E-state index in [0.717, 1.165) is 47.6 Å². The van der Waals surface area contributed by atoms with Gasteiger partial charge >= 0.3 is 31.1 Å². The Labute approximate surface area is 246 Å². The van der Waals surface area contributed by atoms with E-state index in [1.807, 2.05) is 61.5 Å². The number of ether oxygens (including phenoxy) is 1. The summed E-state index contributed by atoms with van der Waals surface area (Å²) in [6.07, 6.45) is 17.1. The van der Waals surface area contributed by atoms with Crippen molar-refractivity contribution in [1.29, 1.82) is 0 Å². The Hall–Kier alpha value is -2.78. The Morgan fingerprint density at radius 1 is 1.22 bits per heavy atom. The summed E-state index contributed by atoms with van der Waals surface area (Å²) in [7, 11) is 1.95. The largest absolute Gasteiger partial charge is 2.00 e. The molecule has 1 saturated heterocycles. The second kappa shape index (κ2) is 16.1. The van der Waals surface area contributed by atoms with Crippen LogP contribution in [-0.2, 0) is 4.74 Å². The van der Waals surface area contributed by atoms with Gasteiger partial charge in [0, 0.05) is 32.2 Å². The van der Waals surface area contributed by atoms with Crippen LogP contribution in [0.5, 0.6) is 0 Å². The normalized spacial score (nSPS) is 15.2. The zero-order valence-electron chi connectivity index (χ0n) is 22.2. The van der Waals surface area contributed by atoms with Gasteiger partial charge in [-0.3, -0.25) is 4.98 Å². The van der Waals surface area contributed by atoms with Gasteiger partial charge < -0.3 is 14.5 Å². The van der Waals surface area contributed by atoms with Crippen molar-refractivity contribution >= 4 is 23.4 Å². The molecule has 0 amide bonds. The van der Waals surface area contributed by atoms with E-state index in [1.165, 1.54) is 0 Å². The van der Waals surface area contributed by atoms with Gasteiger partial charge in [-0.25, -0.2) is 23.6 Å². The SMILES string of the molecule is C=C/C(=C\N(C)c1nc(/C=C([CH2-])/C(/C=C\C)=C/C=C/CC)[c-]c(N2CCOCC2)n1)c1ccccc1.[U+2]. The zero-order valence-corrected chi connectivity index (χ0v) is 26.3. The van der Waals surface area contributed by atoms with Crippen LogP contribution in [0.25, 0.3) is 11.6 Å². The van der Waals surface area contributed by atoms with Crippen molar-refractivity contribution in [1.82, 2.24) is 9.97 Å². The van der Waals surface area contributed by atoms with Crippen LogP contribution < -0.4 is 9.80 Å². The number of hydrogen-bond donors (Lipinski definition) is 0. The quantitative estimate of drug-likeness (QED) is 0.209. The van der Waals surface area contributed by atoms with E-state index >= 15 is 0 Å². The minimum atomic E-state index is 0. The molecule has 2 aromatic rings. The monoisotopic (exact) mass is 718 g/mol. The van der Waals surface area contributed by atoms with Gasteiger partial charge in [0.05, 0.1) is 13.2 Å². The molecule has 190 valence electrons. The van der Waals surface area contributed by atoms with Crippen LogP contribution in [0, 0.1) is 44.1 Å². The number of aromatic nitrogens is 2. The molecular weight excluding hydrogens is 682 g/mol. The van der Waals surface area contributed by atoms with Crippen molar-refractivity contribution in [3.63, 3.8) is 0 Å².